The Bertz CT molecular complexity index is 754. The highest BCUT2D eigenvalue weighted by Gasteiger charge is 2.25. The standard InChI is InChI=1S/C16H20N4O3/c21-11(9-18-15(22)10-4-3-5-10)8-17-14-12-6-1-2-7-13(12)16(23)20-19-14/h1-2,6-7,10-11,21H,3-5,8-9H2,(H,17,19)(H,18,22)(H,20,23). The van der Waals surface area contributed by atoms with Crippen molar-refractivity contribution < 1.29 is 9.90 Å². The van der Waals surface area contributed by atoms with E-state index in [1.54, 1.807) is 18.2 Å². The number of aromatic nitrogens is 2. The average molecular weight is 316 g/mol. The molecule has 0 spiro atoms. The van der Waals surface area contributed by atoms with Gasteiger partial charge in [0.2, 0.25) is 5.91 Å². The van der Waals surface area contributed by atoms with Crippen molar-refractivity contribution in [2.45, 2.75) is 25.4 Å². The van der Waals surface area contributed by atoms with Gasteiger partial charge in [-0.15, -0.1) is 0 Å². The molecule has 3 rings (SSSR count). The molecule has 0 radical (unpaired) electrons. The maximum Gasteiger partial charge on any atom is 0.272 e. The van der Waals surface area contributed by atoms with Gasteiger partial charge in [-0.2, -0.15) is 5.10 Å². The van der Waals surface area contributed by atoms with Crippen LogP contribution in [0.1, 0.15) is 19.3 Å². The van der Waals surface area contributed by atoms with E-state index in [4.69, 9.17) is 0 Å². The van der Waals surface area contributed by atoms with E-state index in [2.05, 4.69) is 20.8 Å². The van der Waals surface area contributed by atoms with Crippen LogP contribution in [0.15, 0.2) is 29.1 Å². The lowest BCUT2D eigenvalue weighted by atomic mass is 9.85. The molecule has 1 heterocycles. The topological polar surface area (TPSA) is 107 Å². The van der Waals surface area contributed by atoms with Gasteiger partial charge >= 0.3 is 0 Å². The number of fused-ring (bicyclic) bond motifs is 1. The van der Waals surface area contributed by atoms with Crippen molar-refractivity contribution in [2.24, 2.45) is 5.92 Å². The maximum absolute atomic E-state index is 11.7. The van der Waals surface area contributed by atoms with Crippen molar-refractivity contribution in [1.82, 2.24) is 15.5 Å². The van der Waals surface area contributed by atoms with Crippen molar-refractivity contribution >= 4 is 22.5 Å². The second-order valence-electron chi connectivity index (χ2n) is 5.85. The lowest BCUT2D eigenvalue weighted by Crippen LogP contribution is -2.40. The minimum atomic E-state index is -0.730. The smallest absolute Gasteiger partial charge is 0.272 e. The summed E-state index contributed by atoms with van der Waals surface area (Å²) in [6.45, 7) is 0.428. The first kappa shape index (κ1) is 15.5. The molecular weight excluding hydrogens is 296 g/mol. The Labute approximate surface area is 133 Å². The summed E-state index contributed by atoms with van der Waals surface area (Å²) in [7, 11) is 0. The van der Waals surface area contributed by atoms with Crippen LogP contribution in [0.4, 0.5) is 5.82 Å². The van der Waals surface area contributed by atoms with Crippen LogP contribution in [-0.4, -0.2) is 40.4 Å². The molecule has 1 atom stereocenters. The molecule has 4 N–H and O–H groups in total. The number of aromatic amines is 1. The lowest BCUT2D eigenvalue weighted by Gasteiger charge is -2.24. The quantitative estimate of drug-likeness (QED) is 0.625. The van der Waals surface area contributed by atoms with Crippen molar-refractivity contribution in [3.8, 4) is 0 Å². The third kappa shape index (κ3) is 3.50. The summed E-state index contributed by atoms with van der Waals surface area (Å²) in [4.78, 5) is 23.4. The van der Waals surface area contributed by atoms with E-state index in [1.165, 1.54) is 0 Å². The molecule has 1 aromatic carbocycles. The zero-order valence-electron chi connectivity index (χ0n) is 12.7. The maximum atomic E-state index is 11.7. The summed E-state index contributed by atoms with van der Waals surface area (Å²) in [6.07, 6.45) is 2.25. The van der Waals surface area contributed by atoms with Gasteiger partial charge in [0.1, 0.15) is 0 Å². The second kappa shape index (κ2) is 6.78. The van der Waals surface area contributed by atoms with Gasteiger partial charge in [-0.05, 0) is 18.9 Å². The zero-order chi connectivity index (χ0) is 16.2. The molecule has 1 saturated carbocycles. The van der Waals surface area contributed by atoms with E-state index in [1.807, 2.05) is 6.07 Å². The molecule has 0 aliphatic heterocycles. The number of carbonyl (C=O) groups excluding carboxylic acids is 1. The Balaban J connectivity index is 1.56. The van der Waals surface area contributed by atoms with E-state index < -0.39 is 6.10 Å². The highest BCUT2D eigenvalue weighted by molar-refractivity contribution is 5.90. The highest BCUT2D eigenvalue weighted by Crippen LogP contribution is 2.26. The van der Waals surface area contributed by atoms with Gasteiger partial charge in [0.15, 0.2) is 5.82 Å². The first-order chi connectivity index (χ1) is 11.1. The molecule has 0 saturated heterocycles. The molecule has 0 bridgehead atoms. The summed E-state index contributed by atoms with van der Waals surface area (Å²) in [5, 5.41) is 23.4. The number of nitrogens with zero attached hydrogens (tertiary/aromatic N) is 1. The Hall–Kier alpha value is -2.41. The van der Waals surface area contributed by atoms with Crippen LogP contribution in [0.5, 0.6) is 0 Å². The number of anilines is 1. The van der Waals surface area contributed by atoms with Crippen molar-refractivity contribution in [2.75, 3.05) is 18.4 Å². The summed E-state index contributed by atoms with van der Waals surface area (Å²) >= 11 is 0. The largest absolute Gasteiger partial charge is 0.389 e. The Morgan fingerprint density at radius 2 is 2.04 bits per heavy atom. The molecule has 7 heteroatoms. The summed E-state index contributed by atoms with van der Waals surface area (Å²) in [5.74, 6) is 0.632. The molecule has 1 unspecified atom stereocenters. The minimum absolute atomic E-state index is 0.0166. The van der Waals surface area contributed by atoms with Crippen LogP contribution >= 0.6 is 0 Å². The average Bonchev–Trinajstić information content (AvgIpc) is 2.51. The Kier molecular flexibility index (Phi) is 4.57. The molecule has 1 fully saturated rings. The van der Waals surface area contributed by atoms with Gasteiger partial charge in [0, 0.05) is 24.4 Å². The molecule has 7 nitrogen and oxygen atoms in total. The van der Waals surface area contributed by atoms with Crippen molar-refractivity contribution in [1.29, 1.82) is 0 Å². The summed E-state index contributed by atoms with van der Waals surface area (Å²) < 4.78 is 0. The number of nitrogens with one attached hydrogen (secondary N) is 3. The molecule has 1 aliphatic carbocycles. The highest BCUT2D eigenvalue weighted by atomic mass is 16.3. The van der Waals surface area contributed by atoms with E-state index in [9.17, 15) is 14.7 Å². The predicted octanol–water partition coefficient (Wildman–Crippen LogP) is 0.612. The van der Waals surface area contributed by atoms with Crippen LogP contribution < -0.4 is 16.2 Å². The fourth-order valence-corrected chi connectivity index (χ4v) is 2.57. The van der Waals surface area contributed by atoms with Crippen molar-refractivity contribution in [3.05, 3.63) is 34.6 Å². The van der Waals surface area contributed by atoms with Crippen LogP contribution in [0.2, 0.25) is 0 Å². The van der Waals surface area contributed by atoms with E-state index in [0.717, 1.165) is 19.3 Å². The number of H-pyrrole nitrogens is 1. The third-order valence-corrected chi connectivity index (χ3v) is 4.19. The van der Waals surface area contributed by atoms with Gasteiger partial charge < -0.3 is 15.7 Å². The summed E-state index contributed by atoms with van der Waals surface area (Å²) in [6, 6.07) is 7.12. The normalized spacial score (nSPS) is 15.9. The van der Waals surface area contributed by atoms with Crippen LogP contribution in [-0.2, 0) is 4.79 Å². The van der Waals surface area contributed by atoms with E-state index >= 15 is 0 Å². The molecule has 1 aromatic heterocycles. The van der Waals surface area contributed by atoms with Gasteiger partial charge in [-0.25, -0.2) is 5.10 Å². The van der Waals surface area contributed by atoms with E-state index in [0.29, 0.717) is 16.6 Å². The predicted molar refractivity (Wildman–Crippen MR) is 87.2 cm³/mol. The lowest BCUT2D eigenvalue weighted by molar-refractivity contribution is -0.127. The van der Waals surface area contributed by atoms with Gasteiger partial charge in [0.05, 0.1) is 11.5 Å². The molecule has 122 valence electrons. The zero-order valence-corrected chi connectivity index (χ0v) is 12.7. The number of hydrogen-bond acceptors (Lipinski definition) is 5. The van der Waals surface area contributed by atoms with Crippen molar-refractivity contribution in [3.63, 3.8) is 0 Å². The molecule has 2 aromatic rings. The Morgan fingerprint density at radius 1 is 1.30 bits per heavy atom. The van der Waals surface area contributed by atoms with Gasteiger partial charge in [0.25, 0.3) is 5.56 Å². The number of aliphatic hydroxyl groups excluding tert-OH is 1. The van der Waals surface area contributed by atoms with Crippen LogP contribution in [0.3, 0.4) is 0 Å². The van der Waals surface area contributed by atoms with Gasteiger partial charge in [-0.1, -0.05) is 24.6 Å². The molecular formula is C16H20N4O3. The number of rotatable bonds is 6. The van der Waals surface area contributed by atoms with Gasteiger partial charge in [-0.3, -0.25) is 9.59 Å². The number of amides is 1. The monoisotopic (exact) mass is 316 g/mol. The fraction of sp³-hybridized carbons (Fsp3) is 0.438. The fourth-order valence-electron chi connectivity index (χ4n) is 2.57. The SMILES string of the molecule is O=C(NCC(O)CNc1n[nH]c(=O)c2ccccc12)C1CCC1. The van der Waals surface area contributed by atoms with Crippen LogP contribution in [0, 0.1) is 5.92 Å². The first-order valence-electron chi connectivity index (χ1n) is 7.82. The molecule has 1 aliphatic rings. The molecule has 1 amide bonds. The van der Waals surface area contributed by atoms with E-state index in [-0.39, 0.29) is 30.5 Å². The Morgan fingerprint density at radius 3 is 2.74 bits per heavy atom. The third-order valence-electron chi connectivity index (χ3n) is 4.19. The number of aliphatic hydroxyl groups is 1. The minimum Gasteiger partial charge on any atom is -0.389 e. The first-order valence-corrected chi connectivity index (χ1v) is 7.82. The number of carbonyl (C=O) groups is 1. The molecule has 23 heavy (non-hydrogen) atoms. The number of benzene rings is 1. The van der Waals surface area contributed by atoms with Crippen LogP contribution in [0.25, 0.3) is 10.8 Å². The summed E-state index contributed by atoms with van der Waals surface area (Å²) in [5.41, 5.74) is -0.250. The number of hydrogen-bond donors (Lipinski definition) is 4. The second-order valence-corrected chi connectivity index (χ2v) is 5.85.